The Morgan fingerprint density at radius 1 is 1.35 bits per heavy atom. The number of hydrogen-bond donors (Lipinski definition) is 1. The van der Waals surface area contributed by atoms with Gasteiger partial charge in [-0.2, -0.15) is 0 Å². The van der Waals surface area contributed by atoms with Gasteiger partial charge in [-0.15, -0.1) is 0 Å². The van der Waals surface area contributed by atoms with Crippen molar-refractivity contribution in [2.75, 3.05) is 20.0 Å². The Morgan fingerprint density at radius 2 is 2.04 bits per heavy atom. The summed E-state index contributed by atoms with van der Waals surface area (Å²) in [5, 5.41) is -0.0707. The molecule has 0 fully saturated rings. The lowest BCUT2D eigenvalue weighted by Crippen LogP contribution is -2.10. The number of methoxy groups -OCH3 is 2. The first-order valence-corrected chi connectivity index (χ1v) is 6.82. The number of pyridine rings is 1. The van der Waals surface area contributed by atoms with Crippen LogP contribution in [0.25, 0.3) is 11.3 Å². The predicted molar refractivity (Wildman–Crippen MR) is 83.4 cm³/mol. The first-order chi connectivity index (χ1) is 10.9. The van der Waals surface area contributed by atoms with Crippen LogP contribution >= 0.6 is 11.6 Å². The Hall–Kier alpha value is -2.54. The van der Waals surface area contributed by atoms with Gasteiger partial charge in [0.05, 0.1) is 25.6 Å². The molecule has 0 radical (unpaired) electrons. The lowest BCUT2D eigenvalue weighted by atomic mass is 10.1. The lowest BCUT2D eigenvalue weighted by molar-refractivity contribution is 0.120. The van der Waals surface area contributed by atoms with Gasteiger partial charge in [-0.3, -0.25) is 0 Å². The number of carbonyl (C=O) groups is 1. The first kappa shape index (κ1) is 16.8. The zero-order chi connectivity index (χ0) is 17.1. The van der Waals surface area contributed by atoms with Crippen LogP contribution < -0.4 is 15.2 Å². The monoisotopic (exact) mass is 340 g/mol. The zero-order valence-electron chi connectivity index (χ0n) is 12.6. The Labute approximate surface area is 136 Å². The fraction of sp³-hybridized carbons (Fsp3) is 0.200. The van der Waals surface area contributed by atoms with Crippen molar-refractivity contribution in [3.63, 3.8) is 0 Å². The first-order valence-electron chi connectivity index (χ1n) is 6.44. The molecule has 0 aliphatic carbocycles. The molecule has 2 rings (SSSR count). The number of rotatable bonds is 3. The van der Waals surface area contributed by atoms with Crippen molar-refractivity contribution in [3.8, 4) is 22.9 Å². The molecule has 122 valence electrons. The molecule has 0 bridgehead atoms. The summed E-state index contributed by atoms with van der Waals surface area (Å²) in [6.07, 6.45) is -1.02. The SMILES string of the molecule is COC(=O)Oc1nc(-c2ccc(C)c(OC)c2F)cc(N)c1Cl. The van der Waals surface area contributed by atoms with Gasteiger partial charge in [0, 0.05) is 5.56 Å². The van der Waals surface area contributed by atoms with Crippen molar-refractivity contribution in [1.29, 1.82) is 0 Å². The van der Waals surface area contributed by atoms with E-state index in [0.29, 0.717) is 5.56 Å². The van der Waals surface area contributed by atoms with Crippen LogP contribution in [0.3, 0.4) is 0 Å². The van der Waals surface area contributed by atoms with Crippen LogP contribution in [0, 0.1) is 12.7 Å². The van der Waals surface area contributed by atoms with Crippen molar-refractivity contribution in [2.24, 2.45) is 0 Å². The van der Waals surface area contributed by atoms with Gasteiger partial charge in [-0.1, -0.05) is 17.7 Å². The zero-order valence-corrected chi connectivity index (χ0v) is 13.4. The molecule has 1 heterocycles. The van der Waals surface area contributed by atoms with E-state index >= 15 is 0 Å². The van der Waals surface area contributed by atoms with Gasteiger partial charge in [0.1, 0.15) is 5.02 Å². The number of aryl methyl sites for hydroxylation is 1. The van der Waals surface area contributed by atoms with E-state index in [-0.39, 0.29) is 33.6 Å². The van der Waals surface area contributed by atoms with Crippen molar-refractivity contribution in [2.45, 2.75) is 6.92 Å². The molecule has 8 heteroatoms. The second-order valence-corrected chi connectivity index (χ2v) is 4.93. The van der Waals surface area contributed by atoms with Crippen LogP contribution in [-0.4, -0.2) is 25.4 Å². The molecule has 0 atom stereocenters. The molecule has 0 aliphatic heterocycles. The number of anilines is 1. The normalized spacial score (nSPS) is 10.3. The van der Waals surface area contributed by atoms with Gasteiger partial charge in [0.25, 0.3) is 0 Å². The number of nitrogens with zero attached hydrogens (tertiary/aromatic N) is 1. The summed E-state index contributed by atoms with van der Waals surface area (Å²) < 4.78 is 28.8. The van der Waals surface area contributed by atoms with Gasteiger partial charge in [-0.25, -0.2) is 14.2 Å². The summed E-state index contributed by atoms with van der Waals surface area (Å²) in [4.78, 5) is 15.3. The van der Waals surface area contributed by atoms with Crippen molar-refractivity contribution in [1.82, 2.24) is 4.98 Å². The molecule has 0 aliphatic rings. The molecule has 1 aromatic heterocycles. The molecule has 0 saturated carbocycles. The molecule has 0 unspecified atom stereocenters. The lowest BCUT2D eigenvalue weighted by Gasteiger charge is -2.12. The largest absolute Gasteiger partial charge is 0.514 e. The van der Waals surface area contributed by atoms with Crippen LogP contribution in [0.5, 0.6) is 11.6 Å². The van der Waals surface area contributed by atoms with E-state index in [9.17, 15) is 9.18 Å². The Morgan fingerprint density at radius 3 is 2.65 bits per heavy atom. The fourth-order valence-corrected chi connectivity index (χ4v) is 2.09. The van der Waals surface area contributed by atoms with Crippen LogP contribution in [0.15, 0.2) is 18.2 Å². The van der Waals surface area contributed by atoms with Crippen LogP contribution in [0.2, 0.25) is 5.02 Å². The van der Waals surface area contributed by atoms with E-state index in [1.165, 1.54) is 19.2 Å². The Kier molecular flexibility index (Phi) is 4.90. The van der Waals surface area contributed by atoms with Gasteiger partial charge in [-0.05, 0) is 24.6 Å². The van der Waals surface area contributed by atoms with E-state index < -0.39 is 12.0 Å². The summed E-state index contributed by atoms with van der Waals surface area (Å²) in [5.41, 5.74) is 6.74. The summed E-state index contributed by atoms with van der Waals surface area (Å²) in [7, 11) is 2.50. The van der Waals surface area contributed by atoms with Gasteiger partial charge < -0.3 is 19.9 Å². The number of nitrogen functional groups attached to an aromatic ring is 1. The Balaban J connectivity index is 2.59. The average Bonchev–Trinajstić information content (AvgIpc) is 2.52. The second-order valence-electron chi connectivity index (χ2n) is 4.55. The molecule has 1 aromatic carbocycles. The molecule has 0 saturated heterocycles. The van der Waals surface area contributed by atoms with Crippen molar-refractivity contribution >= 4 is 23.4 Å². The van der Waals surface area contributed by atoms with E-state index in [1.54, 1.807) is 13.0 Å². The minimum Gasteiger partial charge on any atom is -0.493 e. The van der Waals surface area contributed by atoms with E-state index in [2.05, 4.69) is 9.72 Å². The maximum absolute atomic E-state index is 14.5. The van der Waals surface area contributed by atoms with E-state index in [4.69, 9.17) is 26.8 Å². The number of halogens is 2. The molecular weight excluding hydrogens is 327 g/mol. The smallest absolute Gasteiger partial charge is 0.493 e. The number of nitrogens with two attached hydrogens (primary N) is 1. The minimum absolute atomic E-state index is 0.0707. The fourth-order valence-electron chi connectivity index (χ4n) is 1.95. The third-order valence-corrected chi connectivity index (χ3v) is 3.46. The number of carbonyl (C=O) groups excluding carboxylic acids is 1. The minimum atomic E-state index is -1.02. The summed E-state index contributed by atoms with van der Waals surface area (Å²) >= 11 is 5.94. The topological polar surface area (TPSA) is 83.7 Å². The van der Waals surface area contributed by atoms with E-state index in [1.807, 2.05) is 0 Å². The molecule has 0 amide bonds. The highest BCUT2D eigenvalue weighted by atomic mass is 35.5. The number of benzene rings is 1. The molecule has 2 N–H and O–H groups in total. The van der Waals surface area contributed by atoms with Crippen LogP contribution in [0.1, 0.15) is 5.56 Å². The molecule has 0 spiro atoms. The predicted octanol–water partition coefficient (Wildman–Crippen LogP) is 3.59. The average molecular weight is 341 g/mol. The summed E-state index contributed by atoms with van der Waals surface area (Å²) in [6, 6.07) is 4.56. The van der Waals surface area contributed by atoms with E-state index in [0.717, 1.165) is 7.11 Å². The quantitative estimate of drug-likeness (QED) is 0.860. The van der Waals surface area contributed by atoms with Crippen LogP contribution in [0.4, 0.5) is 14.9 Å². The number of aromatic nitrogens is 1. The van der Waals surface area contributed by atoms with Crippen LogP contribution in [-0.2, 0) is 4.74 Å². The highest BCUT2D eigenvalue weighted by molar-refractivity contribution is 6.34. The summed E-state index contributed by atoms with van der Waals surface area (Å²) in [6.45, 7) is 1.71. The molecule has 2 aromatic rings. The van der Waals surface area contributed by atoms with Crippen molar-refractivity contribution in [3.05, 3.63) is 34.6 Å². The second kappa shape index (κ2) is 6.70. The maximum atomic E-state index is 14.5. The van der Waals surface area contributed by atoms with Crippen molar-refractivity contribution < 1.29 is 23.4 Å². The standard InChI is InChI=1S/C15H14ClFN2O4/c1-7-4-5-8(12(17)13(7)21-2)10-6-9(18)11(16)14(19-10)23-15(20)22-3/h4-6H,1-3H3,(H2,18,19). The number of ether oxygens (including phenoxy) is 3. The highest BCUT2D eigenvalue weighted by Crippen LogP contribution is 2.36. The van der Waals surface area contributed by atoms with Gasteiger partial charge in [0.15, 0.2) is 11.6 Å². The highest BCUT2D eigenvalue weighted by Gasteiger charge is 2.19. The maximum Gasteiger partial charge on any atom is 0.514 e. The molecule has 23 heavy (non-hydrogen) atoms. The summed E-state index contributed by atoms with van der Waals surface area (Å²) in [5.74, 6) is -0.786. The third-order valence-electron chi connectivity index (χ3n) is 3.08. The van der Waals surface area contributed by atoms with Gasteiger partial charge in [0.2, 0.25) is 5.88 Å². The van der Waals surface area contributed by atoms with Gasteiger partial charge >= 0.3 is 6.16 Å². The Bertz CT molecular complexity index is 768. The molecule has 6 nitrogen and oxygen atoms in total. The number of hydrogen-bond acceptors (Lipinski definition) is 6. The molecular formula is C15H14ClFN2O4. The third kappa shape index (κ3) is 3.29.